The second kappa shape index (κ2) is 4.75. The van der Waals surface area contributed by atoms with Crippen LogP contribution in [0.25, 0.3) is 0 Å². The fraction of sp³-hybridized carbons (Fsp3) is 0.818. The quantitative estimate of drug-likeness (QED) is 0.675. The van der Waals surface area contributed by atoms with E-state index in [1.807, 2.05) is 20.8 Å². The number of Topliss-reactive ketones (excluding diaryl/α,β-unsaturated/α-hetero) is 1. The molecule has 1 saturated heterocycles. The highest BCUT2D eigenvalue weighted by Crippen LogP contribution is 2.17. The monoisotopic (exact) mass is 212 g/mol. The molecule has 86 valence electrons. The van der Waals surface area contributed by atoms with Gasteiger partial charge >= 0.3 is 0 Å². The van der Waals surface area contributed by atoms with Crippen molar-refractivity contribution in [3.05, 3.63) is 0 Å². The molecule has 0 aromatic rings. The fourth-order valence-electron chi connectivity index (χ4n) is 1.43. The fourth-order valence-corrected chi connectivity index (χ4v) is 1.43. The normalized spacial score (nSPS) is 17.7. The lowest BCUT2D eigenvalue weighted by Crippen LogP contribution is -2.47. The molecule has 1 fully saturated rings. The van der Waals surface area contributed by atoms with Crippen LogP contribution < -0.4 is 5.32 Å². The number of hydrogen-bond acceptors (Lipinski definition) is 3. The average molecular weight is 212 g/mol. The summed E-state index contributed by atoms with van der Waals surface area (Å²) < 4.78 is 0. The maximum atomic E-state index is 11.7. The standard InChI is InChI=1S/C11H20N2O2/c1-11(2,3)9(14)8-10(15)13-6-4-12-5-7-13/h12H,4-8H2,1-3H3. The SMILES string of the molecule is CC(C)(C)C(=O)CC(=O)N1CCNCC1. The zero-order valence-electron chi connectivity index (χ0n) is 9.80. The minimum Gasteiger partial charge on any atom is -0.340 e. The summed E-state index contributed by atoms with van der Waals surface area (Å²) in [6.45, 7) is 8.64. The first-order valence-electron chi connectivity index (χ1n) is 5.43. The molecule has 0 aromatic carbocycles. The molecule has 1 N–H and O–H groups in total. The van der Waals surface area contributed by atoms with Crippen molar-refractivity contribution in [1.82, 2.24) is 10.2 Å². The Balaban J connectivity index is 2.44. The number of nitrogens with zero attached hydrogens (tertiary/aromatic N) is 1. The predicted octanol–water partition coefficient (Wildman–Crippen LogP) is 0.424. The molecular weight excluding hydrogens is 192 g/mol. The number of ketones is 1. The minimum atomic E-state index is -0.413. The lowest BCUT2D eigenvalue weighted by Gasteiger charge is -2.28. The van der Waals surface area contributed by atoms with Gasteiger partial charge in [0.15, 0.2) is 0 Å². The van der Waals surface area contributed by atoms with Crippen molar-refractivity contribution in [2.24, 2.45) is 5.41 Å². The zero-order valence-corrected chi connectivity index (χ0v) is 9.80. The van der Waals surface area contributed by atoms with Gasteiger partial charge in [0.2, 0.25) is 5.91 Å². The van der Waals surface area contributed by atoms with E-state index in [9.17, 15) is 9.59 Å². The molecule has 0 unspecified atom stereocenters. The third kappa shape index (κ3) is 3.63. The van der Waals surface area contributed by atoms with E-state index in [0.29, 0.717) is 0 Å². The molecule has 1 amide bonds. The van der Waals surface area contributed by atoms with E-state index in [1.54, 1.807) is 4.90 Å². The Hall–Kier alpha value is -0.900. The molecule has 0 atom stereocenters. The molecule has 0 bridgehead atoms. The number of carbonyl (C=O) groups excluding carboxylic acids is 2. The Morgan fingerprint density at radius 3 is 2.20 bits per heavy atom. The highest BCUT2D eigenvalue weighted by atomic mass is 16.2. The van der Waals surface area contributed by atoms with Crippen LogP contribution in [0.15, 0.2) is 0 Å². The van der Waals surface area contributed by atoms with Crippen LogP contribution in [-0.4, -0.2) is 42.8 Å². The number of hydrogen-bond donors (Lipinski definition) is 1. The van der Waals surface area contributed by atoms with Gasteiger partial charge in [0.1, 0.15) is 5.78 Å². The number of piperazine rings is 1. The van der Waals surface area contributed by atoms with Gasteiger partial charge in [-0.05, 0) is 0 Å². The number of nitrogens with one attached hydrogen (secondary N) is 1. The highest BCUT2D eigenvalue weighted by molar-refractivity contribution is 6.00. The van der Waals surface area contributed by atoms with Crippen LogP contribution in [0, 0.1) is 5.41 Å². The predicted molar refractivity (Wildman–Crippen MR) is 58.5 cm³/mol. The van der Waals surface area contributed by atoms with Crippen molar-refractivity contribution < 1.29 is 9.59 Å². The van der Waals surface area contributed by atoms with Crippen LogP contribution in [0.1, 0.15) is 27.2 Å². The first-order valence-corrected chi connectivity index (χ1v) is 5.43. The van der Waals surface area contributed by atoms with Crippen LogP contribution in [-0.2, 0) is 9.59 Å². The first-order chi connectivity index (χ1) is 6.91. The maximum Gasteiger partial charge on any atom is 0.230 e. The van der Waals surface area contributed by atoms with Crippen LogP contribution in [0.2, 0.25) is 0 Å². The van der Waals surface area contributed by atoms with Crippen LogP contribution in [0.5, 0.6) is 0 Å². The third-order valence-corrected chi connectivity index (χ3v) is 2.62. The van der Waals surface area contributed by atoms with Crippen molar-refractivity contribution in [2.45, 2.75) is 27.2 Å². The summed E-state index contributed by atoms with van der Waals surface area (Å²) in [5.41, 5.74) is -0.413. The van der Waals surface area contributed by atoms with Crippen LogP contribution in [0.3, 0.4) is 0 Å². The van der Waals surface area contributed by atoms with Crippen molar-refractivity contribution >= 4 is 11.7 Å². The van der Waals surface area contributed by atoms with Crippen LogP contribution >= 0.6 is 0 Å². The smallest absolute Gasteiger partial charge is 0.230 e. The van der Waals surface area contributed by atoms with E-state index in [4.69, 9.17) is 0 Å². The molecule has 1 aliphatic heterocycles. The summed E-state index contributed by atoms with van der Waals surface area (Å²) in [6.07, 6.45) is 0.0451. The molecule has 0 aromatic heterocycles. The Labute approximate surface area is 91.0 Å². The van der Waals surface area contributed by atoms with Crippen molar-refractivity contribution in [2.75, 3.05) is 26.2 Å². The summed E-state index contributed by atoms with van der Waals surface area (Å²) in [4.78, 5) is 25.2. The van der Waals surface area contributed by atoms with Crippen molar-refractivity contribution in [3.8, 4) is 0 Å². The zero-order chi connectivity index (χ0) is 11.5. The van der Waals surface area contributed by atoms with E-state index in [2.05, 4.69) is 5.32 Å². The lowest BCUT2D eigenvalue weighted by atomic mass is 9.89. The second-order valence-electron chi connectivity index (χ2n) is 4.98. The summed E-state index contributed by atoms with van der Waals surface area (Å²) in [7, 11) is 0. The summed E-state index contributed by atoms with van der Waals surface area (Å²) in [5, 5.41) is 3.17. The minimum absolute atomic E-state index is 0.0195. The van der Waals surface area contributed by atoms with E-state index < -0.39 is 5.41 Å². The highest BCUT2D eigenvalue weighted by Gasteiger charge is 2.26. The van der Waals surface area contributed by atoms with E-state index >= 15 is 0 Å². The Bertz CT molecular complexity index is 250. The molecule has 0 spiro atoms. The molecule has 15 heavy (non-hydrogen) atoms. The van der Waals surface area contributed by atoms with Crippen molar-refractivity contribution in [1.29, 1.82) is 0 Å². The van der Waals surface area contributed by atoms with Crippen molar-refractivity contribution in [3.63, 3.8) is 0 Å². The molecule has 0 saturated carbocycles. The van der Waals surface area contributed by atoms with Gasteiger partial charge in [-0.25, -0.2) is 0 Å². The maximum absolute atomic E-state index is 11.7. The summed E-state index contributed by atoms with van der Waals surface area (Å²) >= 11 is 0. The number of rotatable bonds is 2. The topological polar surface area (TPSA) is 49.4 Å². The first kappa shape index (κ1) is 12.2. The molecule has 4 heteroatoms. The van der Waals surface area contributed by atoms with Gasteiger partial charge in [-0.15, -0.1) is 0 Å². The Morgan fingerprint density at radius 1 is 1.20 bits per heavy atom. The lowest BCUT2D eigenvalue weighted by molar-refractivity contribution is -0.138. The second-order valence-corrected chi connectivity index (χ2v) is 4.98. The van der Waals surface area contributed by atoms with Gasteiger partial charge in [0.05, 0.1) is 6.42 Å². The molecule has 4 nitrogen and oxygen atoms in total. The van der Waals surface area contributed by atoms with Crippen LogP contribution in [0.4, 0.5) is 0 Å². The number of amides is 1. The van der Waals surface area contributed by atoms with Gasteiger partial charge < -0.3 is 10.2 Å². The number of carbonyl (C=O) groups is 2. The molecule has 1 rings (SSSR count). The molecule has 1 heterocycles. The Morgan fingerprint density at radius 2 is 1.73 bits per heavy atom. The third-order valence-electron chi connectivity index (χ3n) is 2.62. The average Bonchev–Trinajstić information content (AvgIpc) is 2.17. The Kier molecular flexibility index (Phi) is 3.85. The van der Waals surface area contributed by atoms with E-state index in [-0.39, 0.29) is 18.1 Å². The summed E-state index contributed by atoms with van der Waals surface area (Å²) in [5.74, 6) is -0.0116. The molecular formula is C11H20N2O2. The van der Waals surface area contributed by atoms with Gasteiger partial charge in [0.25, 0.3) is 0 Å². The van der Waals surface area contributed by atoms with E-state index in [0.717, 1.165) is 26.2 Å². The van der Waals surface area contributed by atoms with Gasteiger partial charge in [0, 0.05) is 31.6 Å². The van der Waals surface area contributed by atoms with Gasteiger partial charge in [-0.3, -0.25) is 9.59 Å². The molecule has 1 aliphatic rings. The van der Waals surface area contributed by atoms with Gasteiger partial charge in [-0.1, -0.05) is 20.8 Å². The summed E-state index contributed by atoms with van der Waals surface area (Å²) in [6, 6.07) is 0. The molecule has 0 radical (unpaired) electrons. The molecule has 0 aliphatic carbocycles. The largest absolute Gasteiger partial charge is 0.340 e. The van der Waals surface area contributed by atoms with Gasteiger partial charge in [-0.2, -0.15) is 0 Å². The van der Waals surface area contributed by atoms with E-state index in [1.165, 1.54) is 0 Å².